The standard InChI is InChI=1S/C19H21ClN2O4S/c1-3-25-10-11-26-15-7-4-13(5-8-15)18(23)22-19(27)21-14-6-9-17(24-2)16(20)12-14/h4-9,12H,3,10-11H2,1-2H3,(H2,21,22,23,27). The zero-order chi connectivity index (χ0) is 19.6. The van der Waals surface area contributed by atoms with E-state index in [9.17, 15) is 4.79 Å². The van der Waals surface area contributed by atoms with Gasteiger partial charge in [0.05, 0.1) is 18.7 Å². The van der Waals surface area contributed by atoms with Gasteiger partial charge in [-0.25, -0.2) is 0 Å². The van der Waals surface area contributed by atoms with Crippen LogP contribution in [0.4, 0.5) is 5.69 Å². The molecule has 2 aromatic carbocycles. The lowest BCUT2D eigenvalue weighted by molar-refractivity contribution is 0.0977. The molecule has 0 fully saturated rings. The molecule has 8 heteroatoms. The Morgan fingerprint density at radius 3 is 2.52 bits per heavy atom. The van der Waals surface area contributed by atoms with Gasteiger partial charge in [-0.2, -0.15) is 0 Å². The van der Waals surface area contributed by atoms with Crippen molar-refractivity contribution in [2.75, 3.05) is 32.2 Å². The average molecular weight is 409 g/mol. The molecule has 0 saturated heterocycles. The first-order chi connectivity index (χ1) is 13.0. The number of hydrogen-bond donors (Lipinski definition) is 2. The van der Waals surface area contributed by atoms with E-state index in [1.54, 1.807) is 42.5 Å². The van der Waals surface area contributed by atoms with Gasteiger partial charge in [0.25, 0.3) is 5.91 Å². The Kier molecular flexibility index (Phi) is 8.32. The lowest BCUT2D eigenvalue weighted by Crippen LogP contribution is -2.34. The number of nitrogens with one attached hydrogen (secondary N) is 2. The molecule has 1 amide bonds. The van der Waals surface area contributed by atoms with E-state index in [4.69, 9.17) is 38.0 Å². The number of amides is 1. The summed E-state index contributed by atoms with van der Waals surface area (Å²) in [6.07, 6.45) is 0. The molecule has 27 heavy (non-hydrogen) atoms. The fourth-order valence-corrected chi connectivity index (χ4v) is 2.62. The quantitative estimate of drug-likeness (QED) is 0.510. The van der Waals surface area contributed by atoms with Gasteiger partial charge in [-0.05, 0) is 61.6 Å². The second kappa shape index (κ2) is 10.7. The van der Waals surface area contributed by atoms with E-state index in [1.165, 1.54) is 7.11 Å². The molecule has 0 aliphatic heterocycles. The van der Waals surface area contributed by atoms with Crippen LogP contribution in [0.3, 0.4) is 0 Å². The van der Waals surface area contributed by atoms with E-state index in [2.05, 4.69) is 10.6 Å². The van der Waals surface area contributed by atoms with E-state index in [-0.39, 0.29) is 11.0 Å². The van der Waals surface area contributed by atoms with Crippen molar-refractivity contribution in [1.29, 1.82) is 0 Å². The summed E-state index contributed by atoms with van der Waals surface area (Å²) < 4.78 is 15.8. The molecule has 0 unspecified atom stereocenters. The van der Waals surface area contributed by atoms with Gasteiger partial charge in [-0.1, -0.05) is 11.6 Å². The second-order valence-corrected chi connectivity index (χ2v) is 6.14. The third kappa shape index (κ3) is 6.71. The Labute approximate surface area is 168 Å². The molecular formula is C19H21ClN2O4S. The number of rotatable bonds is 8. The zero-order valence-corrected chi connectivity index (χ0v) is 16.7. The molecule has 0 saturated carbocycles. The number of halogens is 1. The minimum atomic E-state index is -0.326. The predicted molar refractivity (Wildman–Crippen MR) is 110 cm³/mol. The Hall–Kier alpha value is -2.35. The van der Waals surface area contributed by atoms with Crippen LogP contribution in [0.1, 0.15) is 17.3 Å². The topological polar surface area (TPSA) is 68.8 Å². The first-order valence-electron chi connectivity index (χ1n) is 8.30. The molecule has 0 bridgehead atoms. The van der Waals surface area contributed by atoms with E-state index < -0.39 is 0 Å². The first-order valence-corrected chi connectivity index (χ1v) is 9.08. The molecule has 144 valence electrons. The van der Waals surface area contributed by atoms with E-state index in [0.29, 0.717) is 47.6 Å². The summed E-state index contributed by atoms with van der Waals surface area (Å²) in [7, 11) is 1.54. The molecule has 0 spiro atoms. The number of carbonyl (C=O) groups excluding carboxylic acids is 1. The maximum absolute atomic E-state index is 12.3. The minimum Gasteiger partial charge on any atom is -0.495 e. The van der Waals surface area contributed by atoms with Crippen molar-refractivity contribution >= 4 is 40.5 Å². The van der Waals surface area contributed by atoms with Crippen LogP contribution in [0.2, 0.25) is 5.02 Å². The van der Waals surface area contributed by atoms with Gasteiger partial charge in [-0.15, -0.1) is 0 Å². The van der Waals surface area contributed by atoms with Crippen LogP contribution in [0.15, 0.2) is 42.5 Å². The van der Waals surface area contributed by atoms with Crippen molar-refractivity contribution < 1.29 is 19.0 Å². The molecule has 2 rings (SSSR count). The van der Waals surface area contributed by atoms with Crippen LogP contribution in [0.25, 0.3) is 0 Å². The Balaban J connectivity index is 1.86. The summed E-state index contributed by atoms with van der Waals surface area (Å²) in [4.78, 5) is 12.3. The van der Waals surface area contributed by atoms with Crippen LogP contribution in [0, 0.1) is 0 Å². The van der Waals surface area contributed by atoms with Crippen molar-refractivity contribution in [2.24, 2.45) is 0 Å². The molecule has 2 N–H and O–H groups in total. The number of hydrogen-bond acceptors (Lipinski definition) is 5. The van der Waals surface area contributed by atoms with Gasteiger partial charge in [-0.3, -0.25) is 10.1 Å². The van der Waals surface area contributed by atoms with Crippen LogP contribution in [-0.2, 0) is 4.74 Å². The number of thiocarbonyl (C=S) groups is 1. The smallest absolute Gasteiger partial charge is 0.257 e. The highest BCUT2D eigenvalue weighted by Gasteiger charge is 2.09. The van der Waals surface area contributed by atoms with E-state index in [1.807, 2.05) is 6.92 Å². The van der Waals surface area contributed by atoms with Crippen LogP contribution in [-0.4, -0.2) is 38.0 Å². The molecule has 0 aromatic heterocycles. The van der Waals surface area contributed by atoms with Crippen LogP contribution >= 0.6 is 23.8 Å². The monoisotopic (exact) mass is 408 g/mol. The number of carbonyl (C=O) groups is 1. The Morgan fingerprint density at radius 2 is 1.89 bits per heavy atom. The van der Waals surface area contributed by atoms with Gasteiger partial charge in [0, 0.05) is 17.9 Å². The molecule has 0 radical (unpaired) electrons. The molecule has 0 heterocycles. The van der Waals surface area contributed by atoms with Crippen molar-refractivity contribution in [1.82, 2.24) is 5.32 Å². The average Bonchev–Trinajstić information content (AvgIpc) is 2.66. The molecular weight excluding hydrogens is 388 g/mol. The highest BCUT2D eigenvalue weighted by Crippen LogP contribution is 2.27. The van der Waals surface area contributed by atoms with Crippen molar-refractivity contribution in [3.8, 4) is 11.5 Å². The Bertz CT molecular complexity index is 784. The highest BCUT2D eigenvalue weighted by atomic mass is 35.5. The van der Waals surface area contributed by atoms with Crippen LogP contribution < -0.4 is 20.1 Å². The molecule has 6 nitrogen and oxygen atoms in total. The Morgan fingerprint density at radius 1 is 1.15 bits per heavy atom. The van der Waals surface area contributed by atoms with Crippen molar-refractivity contribution in [3.63, 3.8) is 0 Å². The van der Waals surface area contributed by atoms with Gasteiger partial charge in [0.1, 0.15) is 18.1 Å². The fourth-order valence-electron chi connectivity index (χ4n) is 2.15. The van der Waals surface area contributed by atoms with Gasteiger partial charge in [0.2, 0.25) is 0 Å². The molecule has 0 aliphatic rings. The largest absolute Gasteiger partial charge is 0.495 e. The number of methoxy groups -OCH3 is 1. The van der Waals surface area contributed by atoms with Gasteiger partial charge >= 0.3 is 0 Å². The SMILES string of the molecule is CCOCCOc1ccc(C(=O)NC(=S)Nc2ccc(OC)c(Cl)c2)cc1. The maximum atomic E-state index is 12.3. The second-order valence-electron chi connectivity index (χ2n) is 5.33. The summed E-state index contributed by atoms with van der Waals surface area (Å²) in [5.41, 5.74) is 1.10. The number of benzene rings is 2. The normalized spacial score (nSPS) is 10.2. The number of anilines is 1. The van der Waals surface area contributed by atoms with Gasteiger partial charge < -0.3 is 19.5 Å². The third-order valence-corrected chi connectivity index (χ3v) is 3.95. The zero-order valence-electron chi connectivity index (χ0n) is 15.1. The molecule has 0 aliphatic carbocycles. The van der Waals surface area contributed by atoms with Gasteiger partial charge in [0.15, 0.2) is 5.11 Å². The highest BCUT2D eigenvalue weighted by molar-refractivity contribution is 7.80. The summed E-state index contributed by atoms with van der Waals surface area (Å²) in [6.45, 7) is 3.56. The lowest BCUT2D eigenvalue weighted by atomic mass is 10.2. The first kappa shape index (κ1) is 21.0. The summed E-state index contributed by atoms with van der Waals surface area (Å²) >= 11 is 11.2. The molecule has 0 atom stereocenters. The van der Waals surface area contributed by atoms with Crippen LogP contribution in [0.5, 0.6) is 11.5 Å². The summed E-state index contributed by atoms with van der Waals surface area (Å²) in [6, 6.07) is 11.9. The number of ether oxygens (including phenoxy) is 3. The summed E-state index contributed by atoms with van der Waals surface area (Å²) in [5.74, 6) is 0.897. The minimum absolute atomic E-state index is 0.165. The van der Waals surface area contributed by atoms with Crippen molar-refractivity contribution in [2.45, 2.75) is 6.92 Å². The van der Waals surface area contributed by atoms with Crippen molar-refractivity contribution in [3.05, 3.63) is 53.1 Å². The van der Waals surface area contributed by atoms with E-state index >= 15 is 0 Å². The fraction of sp³-hybridized carbons (Fsp3) is 0.263. The lowest BCUT2D eigenvalue weighted by Gasteiger charge is -2.11. The van der Waals surface area contributed by atoms with E-state index in [0.717, 1.165) is 0 Å². The third-order valence-electron chi connectivity index (χ3n) is 3.45. The maximum Gasteiger partial charge on any atom is 0.257 e. The summed E-state index contributed by atoms with van der Waals surface area (Å²) in [5, 5.41) is 6.13. The predicted octanol–water partition coefficient (Wildman–Crippen LogP) is 3.89. The molecule has 2 aromatic rings.